The number of fused-ring (bicyclic) bond motifs is 3. The Morgan fingerprint density at radius 2 is 1.96 bits per heavy atom. The molecule has 0 spiro atoms. The van der Waals surface area contributed by atoms with Crippen LogP contribution in [0.1, 0.15) is 11.1 Å². The molecule has 0 radical (unpaired) electrons. The number of carbonyl (C=O) groups excluding carboxylic acids is 1. The zero-order chi connectivity index (χ0) is 19.0. The number of hydrogen-bond acceptors (Lipinski definition) is 5. The maximum absolute atomic E-state index is 12.3. The first-order valence-electron chi connectivity index (χ1n) is 8.32. The van der Waals surface area contributed by atoms with Crippen molar-refractivity contribution in [3.8, 4) is 0 Å². The van der Waals surface area contributed by atoms with Crippen molar-refractivity contribution >= 4 is 61.4 Å². The van der Waals surface area contributed by atoms with E-state index in [0.717, 1.165) is 37.7 Å². The van der Waals surface area contributed by atoms with Gasteiger partial charge in [0.25, 0.3) is 0 Å². The molecule has 2 aromatic carbocycles. The van der Waals surface area contributed by atoms with Crippen molar-refractivity contribution in [3.63, 3.8) is 0 Å². The minimum absolute atomic E-state index is 0.0957. The third-order valence-corrected chi connectivity index (χ3v) is 5.57. The molecule has 1 amide bonds. The molecule has 0 aliphatic heterocycles. The molecule has 0 unspecified atom stereocenters. The fraction of sp³-hybridized carbons (Fsp3) is 0.158. The van der Waals surface area contributed by atoms with Crippen molar-refractivity contribution in [2.75, 3.05) is 11.1 Å². The number of thioether (sulfide) groups is 1. The van der Waals surface area contributed by atoms with Gasteiger partial charge in [-0.25, -0.2) is 4.98 Å². The van der Waals surface area contributed by atoms with E-state index in [2.05, 4.69) is 41.4 Å². The molecule has 2 heterocycles. The zero-order valence-corrected chi connectivity index (χ0v) is 17.1. The van der Waals surface area contributed by atoms with Gasteiger partial charge in [-0.15, -0.1) is 10.2 Å². The van der Waals surface area contributed by atoms with E-state index in [1.807, 2.05) is 50.2 Å². The normalized spacial score (nSPS) is 11.2. The number of nitrogens with one attached hydrogen (secondary N) is 2. The van der Waals surface area contributed by atoms with Gasteiger partial charge in [-0.05, 0) is 43.2 Å². The highest BCUT2D eigenvalue weighted by atomic mass is 79.9. The molecule has 2 N–H and O–H groups in total. The summed E-state index contributed by atoms with van der Waals surface area (Å²) in [5, 5.41) is 12.8. The molecule has 0 bridgehead atoms. The summed E-state index contributed by atoms with van der Waals surface area (Å²) in [7, 11) is 0. The first-order chi connectivity index (χ1) is 13.0. The van der Waals surface area contributed by atoms with Crippen molar-refractivity contribution in [1.29, 1.82) is 0 Å². The summed E-state index contributed by atoms with van der Waals surface area (Å²) in [6.45, 7) is 3.95. The van der Waals surface area contributed by atoms with Crippen LogP contribution in [0, 0.1) is 13.8 Å². The molecular formula is C19H16BrN5OS. The lowest BCUT2D eigenvalue weighted by Crippen LogP contribution is -2.16. The lowest BCUT2D eigenvalue weighted by molar-refractivity contribution is -0.113. The molecule has 0 saturated heterocycles. The summed E-state index contributed by atoms with van der Waals surface area (Å²) in [6.07, 6.45) is 0. The fourth-order valence-electron chi connectivity index (χ4n) is 2.91. The van der Waals surface area contributed by atoms with Gasteiger partial charge >= 0.3 is 0 Å². The van der Waals surface area contributed by atoms with E-state index in [1.165, 1.54) is 11.8 Å². The van der Waals surface area contributed by atoms with E-state index < -0.39 is 0 Å². The number of aryl methyl sites for hydroxylation is 2. The van der Waals surface area contributed by atoms with E-state index in [9.17, 15) is 4.79 Å². The molecule has 0 aliphatic rings. The highest BCUT2D eigenvalue weighted by molar-refractivity contribution is 9.10. The van der Waals surface area contributed by atoms with Crippen molar-refractivity contribution in [1.82, 2.24) is 20.2 Å². The summed E-state index contributed by atoms with van der Waals surface area (Å²) in [6, 6.07) is 11.8. The summed E-state index contributed by atoms with van der Waals surface area (Å²) >= 11 is 4.73. The molecule has 0 atom stereocenters. The summed E-state index contributed by atoms with van der Waals surface area (Å²) in [4.78, 5) is 20.0. The minimum atomic E-state index is -0.0957. The molecule has 0 fully saturated rings. The molecule has 136 valence electrons. The fourth-order valence-corrected chi connectivity index (χ4v) is 3.85. The maximum atomic E-state index is 12.3. The van der Waals surface area contributed by atoms with Crippen LogP contribution < -0.4 is 5.32 Å². The van der Waals surface area contributed by atoms with Gasteiger partial charge in [-0.1, -0.05) is 45.9 Å². The number of anilines is 1. The van der Waals surface area contributed by atoms with E-state index >= 15 is 0 Å². The van der Waals surface area contributed by atoms with Crippen LogP contribution in [0.25, 0.3) is 22.1 Å². The topological polar surface area (TPSA) is 83.6 Å². The van der Waals surface area contributed by atoms with Gasteiger partial charge in [0, 0.05) is 21.1 Å². The Bertz CT molecular complexity index is 1150. The van der Waals surface area contributed by atoms with E-state index in [1.54, 1.807) is 0 Å². The van der Waals surface area contributed by atoms with Crippen LogP contribution in [0.2, 0.25) is 0 Å². The van der Waals surface area contributed by atoms with Gasteiger partial charge < -0.3 is 10.3 Å². The Morgan fingerprint density at radius 3 is 2.74 bits per heavy atom. The van der Waals surface area contributed by atoms with Gasteiger partial charge in [0.2, 0.25) is 11.1 Å². The van der Waals surface area contributed by atoms with Crippen molar-refractivity contribution in [2.45, 2.75) is 19.0 Å². The molecule has 8 heteroatoms. The number of nitrogens with zero attached hydrogens (tertiary/aromatic N) is 3. The van der Waals surface area contributed by atoms with Crippen LogP contribution in [0.3, 0.4) is 0 Å². The first kappa shape index (κ1) is 17.9. The Morgan fingerprint density at radius 1 is 1.19 bits per heavy atom. The van der Waals surface area contributed by atoms with Crippen LogP contribution >= 0.6 is 27.7 Å². The predicted octanol–water partition coefficient (Wildman–Crippen LogP) is 4.62. The highest BCUT2D eigenvalue weighted by Crippen LogP contribution is 2.26. The maximum Gasteiger partial charge on any atom is 0.234 e. The number of hydrogen-bond donors (Lipinski definition) is 2. The van der Waals surface area contributed by atoms with Crippen molar-refractivity contribution in [2.24, 2.45) is 0 Å². The first-order valence-corrected chi connectivity index (χ1v) is 10.1. The number of aromatic amines is 1. The van der Waals surface area contributed by atoms with Crippen LogP contribution in [0.4, 0.5) is 5.69 Å². The number of rotatable bonds is 4. The number of benzene rings is 2. The molecule has 2 aromatic heterocycles. The summed E-state index contributed by atoms with van der Waals surface area (Å²) < 4.78 is 0.972. The number of halogens is 1. The number of aromatic nitrogens is 4. The Balaban J connectivity index is 1.50. The molecule has 4 rings (SSSR count). The smallest absolute Gasteiger partial charge is 0.234 e. The third-order valence-electron chi connectivity index (χ3n) is 4.24. The molecule has 27 heavy (non-hydrogen) atoms. The highest BCUT2D eigenvalue weighted by Gasteiger charge is 2.12. The minimum Gasteiger partial charge on any atom is -0.338 e. The van der Waals surface area contributed by atoms with Gasteiger partial charge in [0.1, 0.15) is 5.52 Å². The lowest BCUT2D eigenvalue weighted by atomic mass is 10.1. The molecule has 4 aromatic rings. The Labute approximate surface area is 168 Å². The molecular weight excluding hydrogens is 426 g/mol. The monoisotopic (exact) mass is 441 g/mol. The lowest BCUT2D eigenvalue weighted by Gasteiger charge is -2.10. The van der Waals surface area contributed by atoms with E-state index in [-0.39, 0.29) is 11.7 Å². The number of amides is 1. The Kier molecular flexibility index (Phi) is 4.84. The second-order valence-corrected chi connectivity index (χ2v) is 8.07. The second kappa shape index (κ2) is 7.28. The average Bonchev–Trinajstić information content (AvgIpc) is 3.00. The number of H-pyrrole nitrogens is 1. The summed E-state index contributed by atoms with van der Waals surface area (Å²) in [5.41, 5.74) is 5.27. The summed E-state index contributed by atoms with van der Waals surface area (Å²) in [5.74, 6) is 0.119. The number of carbonyl (C=O) groups is 1. The van der Waals surface area contributed by atoms with Crippen molar-refractivity contribution in [3.05, 3.63) is 52.0 Å². The van der Waals surface area contributed by atoms with Gasteiger partial charge in [0.05, 0.1) is 5.75 Å². The Hall–Kier alpha value is -2.45. The second-order valence-electron chi connectivity index (χ2n) is 6.21. The zero-order valence-electron chi connectivity index (χ0n) is 14.7. The average molecular weight is 442 g/mol. The van der Waals surface area contributed by atoms with Crippen LogP contribution in [-0.4, -0.2) is 31.8 Å². The van der Waals surface area contributed by atoms with Gasteiger partial charge in [-0.2, -0.15) is 0 Å². The molecule has 0 aliphatic carbocycles. The van der Waals surface area contributed by atoms with Crippen LogP contribution in [-0.2, 0) is 4.79 Å². The van der Waals surface area contributed by atoms with Crippen molar-refractivity contribution < 1.29 is 4.79 Å². The van der Waals surface area contributed by atoms with E-state index in [0.29, 0.717) is 10.8 Å². The third kappa shape index (κ3) is 3.68. The van der Waals surface area contributed by atoms with Gasteiger partial charge in [-0.3, -0.25) is 4.79 Å². The van der Waals surface area contributed by atoms with E-state index in [4.69, 9.17) is 0 Å². The standard InChI is InChI=1S/C19H16BrN5OS/c1-10-4-3-5-11(2)16(10)22-15(26)9-27-19-23-18-17(24-25-19)13-8-12(20)6-7-14(13)21-18/h3-8H,9H2,1-2H3,(H,22,26)(H,21,23,25). The van der Waals surface area contributed by atoms with Crippen LogP contribution in [0.15, 0.2) is 46.0 Å². The SMILES string of the molecule is Cc1cccc(C)c1NC(=O)CSc1nnc2c(n1)[nH]c1ccc(Br)cc12. The number of para-hydroxylation sites is 1. The largest absolute Gasteiger partial charge is 0.338 e. The van der Waals surface area contributed by atoms with Crippen LogP contribution in [0.5, 0.6) is 0 Å². The van der Waals surface area contributed by atoms with Gasteiger partial charge in [0.15, 0.2) is 5.65 Å². The molecule has 6 nitrogen and oxygen atoms in total. The predicted molar refractivity (Wildman–Crippen MR) is 112 cm³/mol. The molecule has 0 saturated carbocycles. The quantitative estimate of drug-likeness (QED) is 0.451.